The Labute approximate surface area is 187 Å². The normalized spacial score (nSPS) is 15.4. The standard InChI is InChI=1S/C21H13Cl2NO3S2/c1-26-14-5-3-13(4-6-14)24-20(25)19(29-21(24)28)11-15-7-9-18(27-15)12-2-8-16(22)17(23)10-12/h2-11H,1H3/b19-11-. The van der Waals surface area contributed by atoms with Gasteiger partial charge in [0.1, 0.15) is 17.3 Å². The summed E-state index contributed by atoms with van der Waals surface area (Å²) in [6.07, 6.45) is 1.68. The Morgan fingerprint density at radius 1 is 1.07 bits per heavy atom. The van der Waals surface area contributed by atoms with E-state index >= 15 is 0 Å². The monoisotopic (exact) mass is 461 g/mol. The lowest BCUT2D eigenvalue weighted by Crippen LogP contribution is -2.27. The van der Waals surface area contributed by atoms with E-state index < -0.39 is 0 Å². The van der Waals surface area contributed by atoms with E-state index in [4.69, 9.17) is 44.6 Å². The predicted octanol–water partition coefficient (Wildman–Crippen LogP) is 6.67. The summed E-state index contributed by atoms with van der Waals surface area (Å²) in [5.41, 5.74) is 1.48. The molecule has 2 aromatic carbocycles. The molecule has 1 aliphatic rings. The van der Waals surface area contributed by atoms with Gasteiger partial charge in [-0.2, -0.15) is 0 Å². The number of ether oxygens (including phenoxy) is 1. The molecule has 0 unspecified atom stereocenters. The van der Waals surface area contributed by atoms with Crippen molar-refractivity contribution < 1.29 is 13.9 Å². The molecule has 4 rings (SSSR count). The number of hydrogen-bond donors (Lipinski definition) is 0. The van der Waals surface area contributed by atoms with Crippen LogP contribution in [-0.2, 0) is 4.79 Å². The highest BCUT2D eigenvalue weighted by molar-refractivity contribution is 8.27. The molecular formula is C21H13Cl2NO3S2. The lowest BCUT2D eigenvalue weighted by Gasteiger charge is -2.14. The molecule has 29 heavy (non-hydrogen) atoms. The maximum atomic E-state index is 12.9. The first-order chi connectivity index (χ1) is 14.0. The summed E-state index contributed by atoms with van der Waals surface area (Å²) in [6, 6.07) is 16.0. The van der Waals surface area contributed by atoms with E-state index in [2.05, 4.69) is 0 Å². The van der Waals surface area contributed by atoms with E-state index in [-0.39, 0.29) is 5.91 Å². The largest absolute Gasteiger partial charge is 0.497 e. The van der Waals surface area contributed by atoms with Gasteiger partial charge in [-0.1, -0.05) is 47.2 Å². The first-order valence-electron chi connectivity index (χ1n) is 8.43. The third kappa shape index (κ3) is 4.07. The molecule has 1 aromatic heterocycles. The Hall–Kier alpha value is -2.25. The smallest absolute Gasteiger partial charge is 0.270 e. The van der Waals surface area contributed by atoms with Crippen LogP contribution in [0.3, 0.4) is 0 Å². The maximum Gasteiger partial charge on any atom is 0.270 e. The fourth-order valence-electron chi connectivity index (χ4n) is 2.79. The second kappa shape index (κ2) is 8.24. The van der Waals surface area contributed by atoms with Gasteiger partial charge in [0, 0.05) is 11.6 Å². The highest BCUT2D eigenvalue weighted by atomic mass is 35.5. The molecule has 0 bridgehead atoms. The maximum absolute atomic E-state index is 12.9. The first-order valence-corrected chi connectivity index (χ1v) is 10.4. The van der Waals surface area contributed by atoms with Gasteiger partial charge >= 0.3 is 0 Å². The van der Waals surface area contributed by atoms with Crippen LogP contribution in [0, 0.1) is 0 Å². The summed E-state index contributed by atoms with van der Waals surface area (Å²) in [6.45, 7) is 0. The zero-order chi connectivity index (χ0) is 20.5. The number of hydrogen-bond acceptors (Lipinski definition) is 5. The Morgan fingerprint density at radius 2 is 1.83 bits per heavy atom. The van der Waals surface area contributed by atoms with E-state index in [1.165, 1.54) is 16.7 Å². The average molecular weight is 462 g/mol. The number of halogens is 2. The summed E-state index contributed by atoms with van der Waals surface area (Å²) >= 11 is 18.7. The van der Waals surface area contributed by atoms with Gasteiger partial charge in [0.25, 0.3) is 5.91 Å². The van der Waals surface area contributed by atoms with E-state index in [0.29, 0.717) is 42.2 Å². The summed E-state index contributed by atoms with van der Waals surface area (Å²) in [4.78, 5) is 14.9. The first kappa shape index (κ1) is 20.0. The molecule has 146 valence electrons. The van der Waals surface area contributed by atoms with Crippen LogP contribution in [0.5, 0.6) is 5.75 Å². The molecule has 0 N–H and O–H groups in total. The number of nitrogens with zero attached hydrogens (tertiary/aromatic N) is 1. The third-order valence-electron chi connectivity index (χ3n) is 4.23. The SMILES string of the molecule is COc1ccc(N2C(=O)/C(=C/c3ccc(-c4ccc(Cl)c(Cl)c4)o3)SC2=S)cc1. The molecule has 0 atom stereocenters. The van der Waals surface area contributed by atoms with E-state index in [9.17, 15) is 4.79 Å². The number of methoxy groups -OCH3 is 1. The average Bonchev–Trinajstić information content (AvgIpc) is 3.29. The van der Waals surface area contributed by atoms with E-state index in [1.54, 1.807) is 55.7 Å². The molecule has 0 saturated carbocycles. The summed E-state index contributed by atoms with van der Waals surface area (Å²) < 4.78 is 11.5. The van der Waals surface area contributed by atoms with Gasteiger partial charge in [0.2, 0.25) is 0 Å². The van der Waals surface area contributed by atoms with Crippen molar-refractivity contribution in [3.63, 3.8) is 0 Å². The number of amides is 1. The summed E-state index contributed by atoms with van der Waals surface area (Å²) in [5.74, 6) is 1.68. The molecule has 8 heteroatoms. The molecule has 0 radical (unpaired) electrons. The fraction of sp³-hybridized carbons (Fsp3) is 0.0476. The van der Waals surface area contributed by atoms with Gasteiger partial charge in [-0.3, -0.25) is 9.69 Å². The number of thioether (sulfide) groups is 1. The Bertz CT molecular complexity index is 1140. The van der Waals surface area contributed by atoms with Gasteiger partial charge < -0.3 is 9.15 Å². The molecule has 4 nitrogen and oxygen atoms in total. The van der Waals surface area contributed by atoms with Crippen molar-refractivity contribution in [1.82, 2.24) is 0 Å². The minimum atomic E-state index is -0.197. The number of anilines is 1. The van der Waals surface area contributed by atoms with Crippen LogP contribution in [0.15, 0.2) is 63.9 Å². The molecule has 2 heterocycles. The summed E-state index contributed by atoms with van der Waals surface area (Å²) in [5, 5.41) is 0.923. The molecule has 0 spiro atoms. The predicted molar refractivity (Wildman–Crippen MR) is 123 cm³/mol. The molecule has 1 amide bonds. The molecule has 3 aromatic rings. The Kier molecular flexibility index (Phi) is 5.69. The number of carbonyl (C=O) groups is 1. The van der Waals surface area contributed by atoms with Gasteiger partial charge in [0.15, 0.2) is 4.32 Å². The van der Waals surface area contributed by atoms with Crippen LogP contribution in [0.25, 0.3) is 17.4 Å². The molecular weight excluding hydrogens is 449 g/mol. The quantitative estimate of drug-likeness (QED) is 0.320. The molecule has 1 aliphatic heterocycles. The lowest BCUT2D eigenvalue weighted by atomic mass is 10.2. The zero-order valence-electron chi connectivity index (χ0n) is 15.0. The number of thiocarbonyl (C=S) groups is 1. The molecule has 1 saturated heterocycles. The number of carbonyl (C=O) groups excluding carboxylic acids is 1. The van der Waals surface area contributed by atoms with Crippen molar-refractivity contribution in [2.24, 2.45) is 0 Å². The van der Waals surface area contributed by atoms with Crippen molar-refractivity contribution in [1.29, 1.82) is 0 Å². The lowest BCUT2D eigenvalue weighted by molar-refractivity contribution is -0.113. The van der Waals surface area contributed by atoms with Crippen LogP contribution in [-0.4, -0.2) is 17.3 Å². The summed E-state index contributed by atoms with van der Waals surface area (Å²) in [7, 11) is 1.59. The van der Waals surface area contributed by atoms with Crippen LogP contribution >= 0.6 is 47.2 Å². The van der Waals surface area contributed by atoms with Crippen LogP contribution in [0.4, 0.5) is 5.69 Å². The zero-order valence-corrected chi connectivity index (χ0v) is 18.2. The topological polar surface area (TPSA) is 42.7 Å². The number of benzene rings is 2. The van der Waals surface area contributed by atoms with Crippen molar-refractivity contribution in [3.05, 3.63) is 75.3 Å². The van der Waals surface area contributed by atoms with Gasteiger partial charge in [-0.05, 0) is 54.6 Å². The highest BCUT2D eigenvalue weighted by Gasteiger charge is 2.33. The van der Waals surface area contributed by atoms with Crippen molar-refractivity contribution in [2.45, 2.75) is 0 Å². The molecule has 1 fully saturated rings. The van der Waals surface area contributed by atoms with Gasteiger partial charge in [0.05, 0.1) is 27.7 Å². The highest BCUT2D eigenvalue weighted by Crippen LogP contribution is 2.37. The Balaban J connectivity index is 1.58. The number of rotatable bonds is 4. The van der Waals surface area contributed by atoms with Crippen LogP contribution in [0.2, 0.25) is 10.0 Å². The second-order valence-electron chi connectivity index (χ2n) is 6.05. The van der Waals surface area contributed by atoms with Gasteiger partial charge in [-0.15, -0.1) is 0 Å². The van der Waals surface area contributed by atoms with Crippen molar-refractivity contribution >= 4 is 69.2 Å². The van der Waals surface area contributed by atoms with E-state index in [0.717, 1.165) is 5.56 Å². The molecule has 0 aliphatic carbocycles. The van der Waals surface area contributed by atoms with Crippen LogP contribution < -0.4 is 9.64 Å². The third-order valence-corrected chi connectivity index (χ3v) is 6.27. The van der Waals surface area contributed by atoms with Crippen molar-refractivity contribution in [3.8, 4) is 17.1 Å². The minimum Gasteiger partial charge on any atom is -0.497 e. The number of furan rings is 1. The van der Waals surface area contributed by atoms with Gasteiger partial charge in [-0.25, -0.2) is 0 Å². The Morgan fingerprint density at radius 3 is 2.52 bits per heavy atom. The minimum absolute atomic E-state index is 0.197. The van der Waals surface area contributed by atoms with Crippen LogP contribution in [0.1, 0.15) is 5.76 Å². The van der Waals surface area contributed by atoms with Crippen molar-refractivity contribution in [2.75, 3.05) is 12.0 Å². The fourth-order valence-corrected chi connectivity index (χ4v) is 4.36. The van der Waals surface area contributed by atoms with E-state index in [1.807, 2.05) is 12.1 Å². The second-order valence-corrected chi connectivity index (χ2v) is 8.54.